The van der Waals surface area contributed by atoms with Gasteiger partial charge in [-0.3, -0.25) is 4.90 Å². The molecule has 0 aliphatic carbocycles. The molecule has 2 aromatic carbocycles. The summed E-state index contributed by atoms with van der Waals surface area (Å²) in [6, 6.07) is 10.1. The molecule has 1 N–H and O–H groups in total. The van der Waals surface area contributed by atoms with Gasteiger partial charge in [0.05, 0.1) is 11.4 Å². The molecule has 6 nitrogen and oxygen atoms in total. The first-order valence-electron chi connectivity index (χ1n) is 7.76. The lowest BCUT2D eigenvalue weighted by molar-refractivity contribution is 0.143. The van der Waals surface area contributed by atoms with Crippen molar-refractivity contribution in [2.24, 2.45) is 0 Å². The van der Waals surface area contributed by atoms with Crippen LogP contribution in [0.1, 0.15) is 5.56 Å². The topological polar surface area (TPSA) is 75.7 Å². The van der Waals surface area contributed by atoms with Crippen LogP contribution in [0.5, 0.6) is 0 Å². The summed E-state index contributed by atoms with van der Waals surface area (Å²) < 4.78 is 45.5. The van der Waals surface area contributed by atoms with Crippen LogP contribution in [0.3, 0.4) is 0 Å². The van der Waals surface area contributed by atoms with E-state index < -0.39 is 28.0 Å². The van der Waals surface area contributed by atoms with Crippen LogP contribution in [0.25, 0.3) is 0 Å². The van der Waals surface area contributed by atoms with E-state index >= 15 is 0 Å². The Morgan fingerprint density at radius 3 is 2.62 bits per heavy atom. The van der Waals surface area contributed by atoms with Crippen molar-refractivity contribution in [1.82, 2.24) is 4.72 Å². The second-order valence-electron chi connectivity index (χ2n) is 5.85. The van der Waals surface area contributed by atoms with Crippen LogP contribution >= 0.6 is 11.6 Å². The molecule has 0 saturated carbocycles. The highest BCUT2D eigenvalue weighted by Gasteiger charge is 2.33. The highest BCUT2D eigenvalue weighted by molar-refractivity contribution is 7.89. The van der Waals surface area contributed by atoms with Crippen LogP contribution in [-0.2, 0) is 14.8 Å². The van der Waals surface area contributed by atoms with E-state index in [0.717, 1.165) is 12.1 Å². The Labute approximate surface area is 155 Å². The van der Waals surface area contributed by atoms with E-state index in [1.807, 2.05) is 0 Å². The average molecular weight is 399 g/mol. The maximum absolute atomic E-state index is 13.2. The molecule has 1 saturated heterocycles. The number of ether oxygens (including phenoxy) is 1. The molecule has 0 spiro atoms. The fourth-order valence-corrected chi connectivity index (χ4v) is 4.07. The van der Waals surface area contributed by atoms with Gasteiger partial charge < -0.3 is 4.74 Å². The van der Waals surface area contributed by atoms with Gasteiger partial charge in [-0.25, -0.2) is 22.3 Å². The van der Waals surface area contributed by atoms with Crippen molar-refractivity contribution in [3.8, 4) is 0 Å². The highest BCUT2D eigenvalue weighted by atomic mass is 35.5. The summed E-state index contributed by atoms with van der Waals surface area (Å²) in [7, 11) is -3.84. The summed E-state index contributed by atoms with van der Waals surface area (Å²) in [4.78, 5) is 13.4. The van der Waals surface area contributed by atoms with Crippen LogP contribution in [0.2, 0.25) is 5.02 Å². The zero-order valence-electron chi connectivity index (χ0n) is 13.8. The Kier molecular flexibility index (Phi) is 5.17. The van der Waals surface area contributed by atoms with Gasteiger partial charge in [0.25, 0.3) is 0 Å². The third-order valence-corrected chi connectivity index (χ3v) is 5.78. The molecular formula is C17H16ClFN2O4S. The molecule has 1 heterocycles. The van der Waals surface area contributed by atoms with E-state index in [-0.39, 0.29) is 18.0 Å². The van der Waals surface area contributed by atoms with Crippen LogP contribution < -0.4 is 9.62 Å². The summed E-state index contributed by atoms with van der Waals surface area (Å²) in [5.41, 5.74) is 0.905. The van der Waals surface area contributed by atoms with Crippen molar-refractivity contribution in [2.45, 2.75) is 17.9 Å². The first kappa shape index (κ1) is 18.6. The number of benzene rings is 2. The van der Waals surface area contributed by atoms with Crippen LogP contribution in [0.4, 0.5) is 14.9 Å². The van der Waals surface area contributed by atoms with E-state index in [9.17, 15) is 17.6 Å². The van der Waals surface area contributed by atoms with Gasteiger partial charge in [-0.1, -0.05) is 11.6 Å². The van der Waals surface area contributed by atoms with Gasteiger partial charge in [-0.05, 0) is 55.0 Å². The zero-order chi connectivity index (χ0) is 18.9. The second kappa shape index (κ2) is 7.22. The number of carbonyl (C=O) groups excluding carboxylic acids is 1. The van der Waals surface area contributed by atoms with E-state index in [2.05, 4.69) is 4.72 Å². The molecule has 26 heavy (non-hydrogen) atoms. The summed E-state index contributed by atoms with van der Waals surface area (Å²) in [6.45, 7) is 1.62. The second-order valence-corrected chi connectivity index (χ2v) is 8.03. The number of halogens is 2. The maximum atomic E-state index is 13.2. The van der Waals surface area contributed by atoms with Crippen LogP contribution in [-0.4, -0.2) is 33.7 Å². The Hall–Kier alpha value is -2.16. The molecule has 1 amide bonds. The van der Waals surface area contributed by atoms with Gasteiger partial charge in [0, 0.05) is 17.3 Å². The van der Waals surface area contributed by atoms with Crippen molar-refractivity contribution in [3.05, 3.63) is 58.9 Å². The maximum Gasteiger partial charge on any atom is 0.414 e. The molecule has 138 valence electrons. The van der Waals surface area contributed by atoms with Crippen LogP contribution in [0.15, 0.2) is 47.4 Å². The van der Waals surface area contributed by atoms with Gasteiger partial charge in [-0.2, -0.15) is 0 Å². The average Bonchev–Trinajstić information content (AvgIpc) is 2.94. The zero-order valence-corrected chi connectivity index (χ0v) is 15.3. The highest BCUT2D eigenvalue weighted by Crippen LogP contribution is 2.23. The molecule has 2 aromatic rings. The number of cyclic esters (lactones) is 1. The molecule has 1 atom stereocenters. The fourth-order valence-electron chi connectivity index (χ4n) is 2.65. The molecular weight excluding hydrogens is 383 g/mol. The van der Waals surface area contributed by atoms with Crippen molar-refractivity contribution < 1.29 is 22.3 Å². The van der Waals surface area contributed by atoms with E-state index in [0.29, 0.717) is 16.3 Å². The number of nitrogens with one attached hydrogen (secondary N) is 1. The number of hydrogen-bond acceptors (Lipinski definition) is 4. The molecule has 0 bridgehead atoms. The SMILES string of the molecule is Cc1cc(F)ccc1S(=O)(=O)NCC1CN(c2ccc(Cl)cc2)C(=O)O1. The van der Waals surface area contributed by atoms with Gasteiger partial charge in [-0.15, -0.1) is 0 Å². The molecule has 0 radical (unpaired) electrons. The van der Waals surface area contributed by atoms with E-state index in [4.69, 9.17) is 16.3 Å². The number of rotatable bonds is 5. The van der Waals surface area contributed by atoms with E-state index in [1.165, 1.54) is 17.9 Å². The number of sulfonamides is 1. The monoisotopic (exact) mass is 398 g/mol. The number of amides is 1. The number of hydrogen-bond donors (Lipinski definition) is 1. The minimum atomic E-state index is -3.84. The smallest absolute Gasteiger partial charge is 0.414 e. The largest absolute Gasteiger partial charge is 0.443 e. The van der Waals surface area contributed by atoms with Crippen molar-refractivity contribution in [2.75, 3.05) is 18.0 Å². The first-order valence-corrected chi connectivity index (χ1v) is 9.62. The standard InChI is InChI=1S/C17H16ClFN2O4S/c1-11-8-13(19)4-7-16(11)26(23,24)20-9-15-10-21(17(22)25-15)14-5-2-12(18)3-6-14/h2-8,15,20H,9-10H2,1H3. The normalized spacial score (nSPS) is 17.4. The molecule has 0 aromatic heterocycles. The van der Waals surface area contributed by atoms with Gasteiger partial charge >= 0.3 is 6.09 Å². The predicted molar refractivity (Wildman–Crippen MR) is 95.4 cm³/mol. The van der Waals surface area contributed by atoms with Crippen molar-refractivity contribution in [3.63, 3.8) is 0 Å². The summed E-state index contributed by atoms with van der Waals surface area (Å²) in [5, 5.41) is 0.542. The lowest BCUT2D eigenvalue weighted by Gasteiger charge is -2.13. The van der Waals surface area contributed by atoms with Crippen molar-refractivity contribution >= 4 is 33.4 Å². The summed E-state index contributed by atoms with van der Waals surface area (Å²) in [5.74, 6) is -0.509. The lowest BCUT2D eigenvalue weighted by Crippen LogP contribution is -2.35. The summed E-state index contributed by atoms with van der Waals surface area (Å²) in [6.07, 6.45) is -1.21. The van der Waals surface area contributed by atoms with Gasteiger partial charge in [0.1, 0.15) is 11.9 Å². The third kappa shape index (κ3) is 3.98. The Balaban J connectivity index is 1.66. The van der Waals surface area contributed by atoms with Crippen LogP contribution in [0, 0.1) is 12.7 Å². The lowest BCUT2D eigenvalue weighted by atomic mass is 10.2. The quantitative estimate of drug-likeness (QED) is 0.839. The molecule has 1 aliphatic heterocycles. The van der Waals surface area contributed by atoms with Gasteiger partial charge in [0.15, 0.2) is 0 Å². The number of anilines is 1. The predicted octanol–water partition coefficient (Wildman–Crippen LogP) is 3.09. The molecule has 9 heteroatoms. The fraction of sp³-hybridized carbons (Fsp3) is 0.235. The first-order chi connectivity index (χ1) is 12.3. The number of aryl methyl sites for hydroxylation is 1. The molecule has 1 unspecified atom stereocenters. The Morgan fingerprint density at radius 1 is 1.27 bits per heavy atom. The number of nitrogens with zero attached hydrogens (tertiary/aromatic N) is 1. The summed E-state index contributed by atoms with van der Waals surface area (Å²) >= 11 is 5.83. The third-order valence-electron chi connectivity index (χ3n) is 3.94. The number of carbonyl (C=O) groups is 1. The Morgan fingerprint density at radius 2 is 1.96 bits per heavy atom. The van der Waals surface area contributed by atoms with Crippen molar-refractivity contribution in [1.29, 1.82) is 0 Å². The van der Waals surface area contributed by atoms with Gasteiger partial charge in [0.2, 0.25) is 10.0 Å². The van der Waals surface area contributed by atoms with E-state index in [1.54, 1.807) is 24.3 Å². The Bertz CT molecular complexity index is 934. The molecule has 1 aliphatic rings. The minimum Gasteiger partial charge on any atom is -0.443 e. The minimum absolute atomic E-state index is 0.0159. The molecule has 3 rings (SSSR count). The molecule has 1 fully saturated rings.